The van der Waals surface area contributed by atoms with Crippen LogP contribution in [0.4, 0.5) is 5.88 Å². The number of para-hydroxylation sites is 1. The van der Waals surface area contributed by atoms with E-state index in [1.807, 2.05) is 43.3 Å². The van der Waals surface area contributed by atoms with Crippen molar-refractivity contribution in [2.24, 2.45) is 0 Å². The zero-order valence-electron chi connectivity index (χ0n) is 18.8. The first-order valence-corrected chi connectivity index (χ1v) is 10.8. The fourth-order valence-corrected chi connectivity index (χ4v) is 4.49. The van der Waals surface area contributed by atoms with Crippen molar-refractivity contribution in [1.29, 1.82) is 0 Å². The SMILES string of the molecule is COc1ccc(C(Nc2cc3ccccc3o2)(c2ccc(C(=O)O)cc2)C2(C)OCCO2)cn1. The van der Waals surface area contributed by atoms with E-state index in [-0.39, 0.29) is 5.56 Å². The van der Waals surface area contributed by atoms with Gasteiger partial charge < -0.3 is 29.1 Å². The molecule has 2 N–H and O–H groups in total. The molecule has 174 valence electrons. The van der Waals surface area contributed by atoms with Crippen LogP contribution in [0.3, 0.4) is 0 Å². The number of benzene rings is 2. The Morgan fingerprint density at radius 1 is 1.06 bits per heavy atom. The summed E-state index contributed by atoms with van der Waals surface area (Å²) in [5.74, 6) is -1.22. The van der Waals surface area contributed by atoms with Gasteiger partial charge in [-0.15, -0.1) is 0 Å². The van der Waals surface area contributed by atoms with Crippen molar-refractivity contribution in [2.75, 3.05) is 25.6 Å². The Bertz CT molecular complexity index is 1280. The molecule has 3 heterocycles. The number of nitrogens with zero attached hydrogens (tertiary/aromatic N) is 1. The third-order valence-corrected chi connectivity index (χ3v) is 6.20. The van der Waals surface area contributed by atoms with E-state index in [9.17, 15) is 9.90 Å². The molecule has 1 unspecified atom stereocenters. The Balaban J connectivity index is 1.74. The number of methoxy groups -OCH3 is 1. The number of hydrogen-bond donors (Lipinski definition) is 2. The molecule has 34 heavy (non-hydrogen) atoms. The summed E-state index contributed by atoms with van der Waals surface area (Å²) in [7, 11) is 1.55. The Morgan fingerprint density at radius 3 is 2.38 bits per heavy atom. The topological polar surface area (TPSA) is 103 Å². The molecule has 0 spiro atoms. The molecule has 2 aromatic carbocycles. The molecule has 0 aliphatic carbocycles. The maximum Gasteiger partial charge on any atom is 0.335 e. The molecular weight excluding hydrogens is 436 g/mol. The molecule has 1 saturated heterocycles. The van der Waals surface area contributed by atoms with Gasteiger partial charge in [-0.3, -0.25) is 0 Å². The highest BCUT2D eigenvalue weighted by molar-refractivity contribution is 5.87. The number of aromatic nitrogens is 1. The normalized spacial score (nSPS) is 16.8. The second-order valence-electron chi connectivity index (χ2n) is 8.14. The van der Waals surface area contributed by atoms with Gasteiger partial charge in [0.05, 0.1) is 25.9 Å². The number of pyridine rings is 1. The number of carboxylic acids is 1. The van der Waals surface area contributed by atoms with Crippen LogP contribution in [0.15, 0.2) is 77.3 Å². The van der Waals surface area contributed by atoms with Gasteiger partial charge in [-0.1, -0.05) is 30.3 Å². The summed E-state index contributed by atoms with van der Waals surface area (Å²) in [5, 5.41) is 13.9. The first-order chi connectivity index (χ1) is 16.4. The second kappa shape index (κ2) is 8.48. The van der Waals surface area contributed by atoms with E-state index in [0.29, 0.717) is 30.5 Å². The Labute approximate surface area is 196 Å². The number of aromatic carboxylic acids is 1. The molecule has 0 bridgehead atoms. The number of carbonyl (C=O) groups is 1. The van der Waals surface area contributed by atoms with E-state index >= 15 is 0 Å². The van der Waals surface area contributed by atoms with Crippen molar-refractivity contribution in [3.63, 3.8) is 0 Å². The summed E-state index contributed by atoms with van der Waals surface area (Å²) in [6.45, 7) is 2.65. The predicted octanol–water partition coefficient (Wildman–Crippen LogP) is 4.65. The lowest BCUT2D eigenvalue weighted by atomic mass is 9.76. The van der Waals surface area contributed by atoms with Crippen molar-refractivity contribution in [3.8, 4) is 5.88 Å². The Morgan fingerprint density at radius 2 is 1.76 bits per heavy atom. The lowest BCUT2D eigenvalue weighted by molar-refractivity contribution is -0.178. The van der Waals surface area contributed by atoms with Gasteiger partial charge in [-0.05, 0) is 36.8 Å². The molecule has 1 atom stereocenters. The molecule has 0 radical (unpaired) electrons. The van der Waals surface area contributed by atoms with Gasteiger partial charge in [0, 0.05) is 29.3 Å². The first-order valence-electron chi connectivity index (χ1n) is 10.8. The highest BCUT2D eigenvalue weighted by atomic mass is 16.7. The number of rotatable bonds is 7. The summed E-state index contributed by atoms with van der Waals surface area (Å²) >= 11 is 0. The predicted molar refractivity (Wildman–Crippen MR) is 125 cm³/mol. The largest absolute Gasteiger partial charge is 0.481 e. The molecule has 0 saturated carbocycles. The zero-order chi connectivity index (χ0) is 23.8. The third-order valence-electron chi connectivity index (χ3n) is 6.20. The summed E-state index contributed by atoms with van der Waals surface area (Å²) in [4.78, 5) is 15.9. The van der Waals surface area contributed by atoms with Crippen molar-refractivity contribution in [1.82, 2.24) is 4.98 Å². The minimum Gasteiger partial charge on any atom is -0.481 e. The van der Waals surface area contributed by atoms with Crippen LogP contribution >= 0.6 is 0 Å². The van der Waals surface area contributed by atoms with Crippen LogP contribution in [-0.2, 0) is 15.0 Å². The molecule has 4 aromatic rings. The van der Waals surface area contributed by atoms with Crippen LogP contribution in [0.25, 0.3) is 11.0 Å². The standard InChI is InChI=1S/C26H24N2O6/c1-25(32-13-14-33-25)26(20-11-12-22(31-2)27-16-20,19-9-7-17(8-10-19)24(29)30)28-23-15-18-5-3-4-6-21(18)34-23/h3-12,15-16,28H,13-14H2,1-2H3,(H,29,30). The van der Waals surface area contributed by atoms with Crippen LogP contribution in [0.2, 0.25) is 0 Å². The van der Waals surface area contributed by atoms with Crippen LogP contribution < -0.4 is 10.1 Å². The molecule has 5 rings (SSSR count). The molecule has 1 aliphatic rings. The minimum absolute atomic E-state index is 0.174. The van der Waals surface area contributed by atoms with E-state index < -0.39 is 17.3 Å². The second-order valence-corrected chi connectivity index (χ2v) is 8.14. The molecule has 1 aliphatic heterocycles. The van der Waals surface area contributed by atoms with E-state index in [0.717, 1.165) is 16.5 Å². The molecule has 1 fully saturated rings. The number of fused-ring (bicyclic) bond motifs is 1. The van der Waals surface area contributed by atoms with Gasteiger partial charge in [-0.2, -0.15) is 0 Å². The van der Waals surface area contributed by atoms with Crippen LogP contribution in [-0.4, -0.2) is 42.2 Å². The number of ether oxygens (including phenoxy) is 3. The van der Waals surface area contributed by atoms with Crippen LogP contribution in [0, 0.1) is 0 Å². The first kappa shape index (κ1) is 21.9. The van der Waals surface area contributed by atoms with Crippen molar-refractivity contribution >= 4 is 22.8 Å². The Hall–Kier alpha value is -3.88. The Kier molecular flexibility index (Phi) is 5.47. The lowest BCUT2D eigenvalue weighted by Crippen LogP contribution is -2.56. The summed E-state index contributed by atoms with van der Waals surface area (Å²) < 4.78 is 23.8. The van der Waals surface area contributed by atoms with Gasteiger partial charge in [-0.25, -0.2) is 9.78 Å². The smallest absolute Gasteiger partial charge is 0.335 e. The van der Waals surface area contributed by atoms with Crippen molar-refractivity contribution in [2.45, 2.75) is 18.2 Å². The van der Waals surface area contributed by atoms with Gasteiger partial charge in [0.1, 0.15) is 11.1 Å². The average molecular weight is 460 g/mol. The fraction of sp³-hybridized carbons (Fsp3) is 0.231. The number of nitrogens with one attached hydrogen (secondary N) is 1. The maximum absolute atomic E-state index is 11.5. The van der Waals surface area contributed by atoms with Crippen LogP contribution in [0.5, 0.6) is 5.88 Å². The van der Waals surface area contributed by atoms with Gasteiger partial charge >= 0.3 is 5.97 Å². The monoisotopic (exact) mass is 460 g/mol. The minimum atomic E-state index is -1.17. The van der Waals surface area contributed by atoms with E-state index in [1.54, 1.807) is 43.6 Å². The van der Waals surface area contributed by atoms with Crippen LogP contribution in [0.1, 0.15) is 28.4 Å². The number of furan rings is 1. The van der Waals surface area contributed by atoms with E-state index in [1.165, 1.54) is 0 Å². The van der Waals surface area contributed by atoms with Crippen molar-refractivity contribution < 1.29 is 28.5 Å². The fourth-order valence-electron chi connectivity index (χ4n) is 4.49. The summed E-state index contributed by atoms with van der Waals surface area (Å²) in [6.07, 6.45) is 1.69. The zero-order valence-corrected chi connectivity index (χ0v) is 18.8. The number of anilines is 1. The number of carboxylic acid groups (broad SMARTS) is 1. The molecule has 2 aromatic heterocycles. The average Bonchev–Trinajstić information content (AvgIpc) is 3.49. The lowest BCUT2D eigenvalue weighted by Gasteiger charge is -2.45. The molecule has 8 heteroatoms. The van der Waals surface area contributed by atoms with E-state index in [2.05, 4.69) is 10.3 Å². The molecule has 8 nitrogen and oxygen atoms in total. The van der Waals surface area contributed by atoms with Crippen molar-refractivity contribution in [3.05, 3.63) is 89.6 Å². The quantitative estimate of drug-likeness (QED) is 0.411. The van der Waals surface area contributed by atoms with E-state index in [4.69, 9.17) is 18.6 Å². The summed E-state index contributed by atoms with van der Waals surface area (Å²) in [6, 6.07) is 19.9. The summed E-state index contributed by atoms with van der Waals surface area (Å²) in [5.41, 5.74) is 1.20. The highest BCUT2D eigenvalue weighted by Crippen LogP contribution is 2.47. The van der Waals surface area contributed by atoms with Gasteiger partial charge in [0.15, 0.2) is 11.7 Å². The number of hydrogen-bond acceptors (Lipinski definition) is 7. The van der Waals surface area contributed by atoms with Gasteiger partial charge in [0.2, 0.25) is 5.88 Å². The highest BCUT2D eigenvalue weighted by Gasteiger charge is 2.56. The third kappa shape index (κ3) is 3.57. The molecule has 0 amide bonds. The maximum atomic E-state index is 11.5. The van der Waals surface area contributed by atoms with Gasteiger partial charge in [0.25, 0.3) is 0 Å². The molecular formula is C26H24N2O6.